The molecule has 0 unspecified atom stereocenters. The molecular weight excluding hydrogens is 400 g/mol. The van der Waals surface area contributed by atoms with Crippen LogP contribution in [-0.2, 0) is 25.5 Å². The van der Waals surface area contributed by atoms with Gasteiger partial charge in [0.1, 0.15) is 5.82 Å². The van der Waals surface area contributed by atoms with Crippen molar-refractivity contribution in [3.05, 3.63) is 40.9 Å². The van der Waals surface area contributed by atoms with Crippen molar-refractivity contribution in [2.24, 2.45) is 0 Å². The Bertz CT molecular complexity index is 865. The van der Waals surface area contributed by atoms with E-state index in [0.717, 1.165) is 51.4 Å². The molecule has 1 aliphatic rings. The monoisotopic (exact) mass is 432 g/mol. The molecule has 8 nitrogen and oxygen atoms in total. The molecule has 0 bridgehead atoms. The number of ether oxygens (including phenoxy) is 2. The average Bonchev–Trinajstić information content (AvgIpc) is 3.22. The lowest BCUT2D eigenvalue weighted by molar-refractivity contribution is -0.121. The first kappa shape index (κ1) is 24.4. The van der Waals surface area contributed by atoms with Crippen LogP contribution in [0.3, 0.4) is 0 Å². The maximum absolute atomic E-state index is 12.6. The van der Waals surface area contributed by atoms with Crippen LogP contribution in [0.25, 0.3) is 0 Å². The second kappa shape index (κ2) is 12.1. The molecule has 31 heavy (non-hydrogen) atoms. The van der Waals surface area contributed by atoms with Crippen molar-refractivity contribution in [2.75, 3.05) is 14.2 Å². The van der Waals surface area contributed by atoms with Crippen LogP contribution >= 0.6 is 0 Å². The quantitative estimate of drug-likeness (QED) is 0.363. The van der Waals surface area contributed by atoms with Crippen molar-refractivity contribution in [2.45, 2.75) is 71.1 Å². The lowest BCUT2D eigenvalue weighted by atomic mass is 9.89. The maximum atomic E-state index is 12.6. The predicted octanol–water partition coefficient (Wildman–Crippen LogP) is 4.44. The van der Waals surface area contributed by atoms with E-state index in [2.05, 4.69) is 4.98 Å². The smallest absolute Gasteiger partial charge is 0.416 e. The van der Waals surface area contributed by atoms with Gasteiger partial charge in [-0.1, -0.05) is 38.5 Å². The molecule has 0 aliphatic heterocycles. The fraction of sp³-hybridized carbons (Fsp3) is 0.565. The highest BCUT2D eigenvalue weighted by Crippen LogP contribution is 2.28. The van der Waals surface area contributed by atoms with Crippen LogP contribution in [0.2, 0.25) is 0 Å². The van der Waals surface area contributed by atoms with Crippen LogP contribution in [0.15, 0.2) is 35.1 Å². The maximum Gasteiger partial charge on any atom is 0.416 e. The summed E-state index contributed by atoms with van der Waals surface area (Å²) in [7, 11) is 2.74. The van der Waals surface area contributed by atoms with Gasteiger partial charge in [0.15, 0.2) is 0 Å². The van der Waals surface area contributed by atoms with E-state index in [0.29, 0.717) is 29.8 Å². The number of carbonyl (C=O) groups excluding carboxylic acids is 2. The zero-order valence-electron chi connectivity index (χ0n) is 18.6. The van der Waals surface area contributed by atoms with Gasteiger partial charge in [0.2, 0.25) is 23.1 Å². The first-order chi connectivity index (χ1) is 14.9. The van der Waals surface area contributed by atoms with E-state index in [4.69, 9.17) is 14.6 Å². The number of nitrogens with zero attached hydrogens (tertiary/aromatic N) is 2. The standard InChI is InChI=1S/C23H32N2O6/c1-16-17(20(27)22(31-3)21(30-2)19(16)26)12-10-8-6-4-5-7-9-11-13-18-24-14-15-25(18)23(28)29/h14-15H,4-13H2,1-3H3,(H,28,29). The first-order valence-electron chi connectivity index (χ1n) is 10.8. The topological polar surface area (TPSA) is 108 Å². The fourth-order valence-electron chi connectivity index (χ4n) is 3.83. The zero-order chi connectivity index (χ0) is 22.8. The van der Waals surface area contributed by atoms with Crippen molar-refractivity contribution >= 4 is 17.7 Å². The molecule has 1 N–H and O–H groups in total. The fourth-order valence-corrected chi connectivity index (χ4v) is 3.83. The number of hydrogen-bond acceptors (Lipinski definition) is 6. The molecule has 8 heteroatoms. The van der Waals surface area contributed by atoms with Crippen LogP contribution < -0.4 is 0 Å². The number of ketones is 2. The highest BCUT2D eigenvalue weighted by Gasteiger charge is 2.34. The number of imidazole rings is 1. The minimum Gasteiger partial charge on any atom is -0.489 e. The Balaban J connectivity index is 1.61. The van der Waals surface area contributed by atoms with Crippen molar-refractivity contribution in [1.29, 1.82) is 0 Å². The van der Waals surface area contributed by atoms with Crippen molar-refractivity contribution in [3.8, 4) is 0 Å². The number of aromatic nitrogens is 2. The van der Waals surface area contributed by atoms with Gasteiger partial charge in [0, 0.05) is 30.0 Å². The van der Waals surface area contributed by atoms with Crippen LogP contribution in [0.5, 0.6) is 0 Å². The molecule has 1 aliphatic carbocycles. The normalized spacial score (nSPS) is 14.4. The Morgan fingerprint density at radius 2 is 1.42 bits per heavy atom. The summed E-state index contributed by atoms with van der Waals surface area (Å²) in [6.45, 7) is 1.67. The van der Waals surface area contributed by atoms with Crippen LogP contribution in [0, 0.1) is 0 Å². The molecule has 0 aromatic carbocycles. The number of methoxy groups -OCH3 is 2. The van der Waals surface area contributed by atoms with Crippen LogP contribution in [-0.4, -0.2) is 46.5 Å². The van der Waals surface area contributed by atoms with E-state index in [-0.39, 0.29) is 23.1 Å². The van der Waals surface area contributed by atoms with Crippen LogP contribution in [0.4, 0.5) is 4.79 Å². The van der Waals surface area contributed by atoms with E-state index < -0.39 is 6.09 Å². The predicted molar refractivity (Wildman–Crippen MR) is 115 cm³/mol. The number of aryl methyl sites for hydroxylation is 1. The van der Waals surface area contributed by atoms with Crippen molar-refractivity contribution in [1.82, 2.24) is 9.55 Å². The van der Waals surface area contributed by atoms with Gasteiger partial charge in [-0.2, -0.15) is 0 Å². The van der Waals surface area contributed by atoms with E-state index in [1.165, 1.54) is 31.2 Å². The molecule has 2 rings (SSSR count). The summed E-state index contributed by atoms with van der Waals surface area (Å²) in [5, 5.41) is 9.04. The number of hydrogen-bond donors (Lipinski definition) is 1. The molecule has 0 fully saturated rings. The van der Waals surface area contributed by atoms with Gasteiger partial charge in [-0.25, -0.2) is 14.3 Å². The minimum atomic E-state index is -0.994. The summed E-state index contributed by atoms with van der Waals surface area (Å²) in [5.74, 6) is 0.0521. The van der Waals surface area contributed by atoms with Gasteiger partial charge < -0.3 is 14.6 Å². The number of Topliss-reactive ketones (excluding diaryl/α,β-unsaturated/α-hetero) is 2. The summed E-state index contributed by atoms with van der Waals surface area (Å²) in [6.07, 6.45) is 11.5. The van der Waals surface area contributed by atoms with E-state index in [1.54, 1.807) is 6.92 Å². The summed E-state index contributed by atoms with van der Waals surface area (Å²) in [6, 6.07) is 0. The Morgan fingerprint density at radius 1 is 0.903 bits per heavy atom. The number of allylic oxidation sites excluding steroid dienone is 2. The van der Waals surface area contributed by atoms with Crippen LogP contribution in [0.1, 0.15) is 70.5 Å². The van der Waals surface area contributed by atoms with E-state index in [9.17, 15) is 14.4 Å². The molecule has 1 aromatic rings. The second-order valence-corrected chi connectivity index (χ2v) is 7.65. The Kier molecular flexibility index (Phi) is 9.49. The SMILES string of the molecule is COC1=C(OC)C(=O)C(CCCCCCCCCCc2nccn2C(=O)O)=C(C)C1=O. The molecule has 0 spiro atoms. The van der Waals surface area contributed by atoms with Crippen molar-refractivity contribution < 1.29 is 29.0 Å². The molecule has 0 saturated carbocycles. The van der Waals surface area contributed by atoms with Gasteiger partial charge in [-0.05, 0) is 26.2 Å². The third-order valence-electron chi connectivity index (χ3n) is 5.59. The number of carboxylic acid groups (broad SMARTS) is 1. The molecule has 170 valence electrons. The van der Waals surface area contributed by atoms with Gasteiger partial charge in [0.05, 0.1) is 14.2 Å². The molecule has 0 saturated heterocycles. The Hall–Kier alpha value is -2.90. The minimum absolute atomic E-state index is 0.000996. The number of unbranched alkanes of at least 4 members (excludes halogenated alkanes) is 7. The Morgan fingerprint density at radius 3 is 1.97 bits per heavy atom. The summed E-state index contributed by atoms with van der Waals surface area (Å²) < 4.78 is 11.3. The molecule has 0 atom stereocenters. The molecule has 0 radical (unpaired) electrons. The van der Waals surface area contributed by atoms with E-state index in [1.807, 2.05) is 0 Å². The number of carbonyl (C=O) groups is 3. The van der Waals surface area contributed by atoms with E-state index >= 15 is 0 Å². The first-order valence-corrected chi connectivity index (χ1v) is 10.8. The largest absolute Gasteiger partial charge is 0.489 e. The lowest BCUT2D eigenvalue weighted by Crippen LogP contribution is -2.25. The molecule has 1 heterocycles. The van der Waals surface area contributed by atoms with Gasteiger partial charge in [-0.15, -0.1) is 0 Å². The highest BCUT2D eigenvalue weighted by atomic mass is 16.5. The number of rotatable bonds is 13. The summed E-state index contributed by atoms with van der Waals surface area (Å²) in [4.78, 5) is 40.1. The third kappa shape index (κ3) is 6.29. The molecule has 1 aromatic heterocycles. The third-order valence-corrected chi connectivity index (χ3v) is 5.59. The Labute approximate surface area is 182 Å². The highest BCUT2D eigenvalue weighted by molar-refractivity contribution is 6.23. The zero-order valence-corrected chi connectivity index (χ0v) is 18.6. The lowest BCUT2D eigenvalue weighted by Gasteiger charge is -2.20. The van der Waals surface area contributed by atoms with Gasteiger partial charge in [0.25, 0.3) is 0 Å². The average molecular weight is 433 g/mol. The summed E-state index contributed by atoms with van der Waals surface area (Å²) >= 11 is 0. The van der Waals surface area contributed by atoms with Crippen molar-refractivity contribution in [3.63, 3.8) is 0 Å². The van der Waals surface area contributed by atoms with Gasteiger partial charge >= 0.3 is 6.09 Å². The van der Waals surface area contributed by atoms with Gasteiger partial charge in [-0.3, -0.25) is 9.59 Å². The summed E-state index contributed by atoms with van der Waals surface area (Å²) in [5.41, 5.74) is 0.980. The molecular formula is C23H32N2O6. The molecule has 0 amide bonds. The second-order valence-electron chi connectivity index (χ2n) is 7.65.